The van der Waals surface area contributed by atoms with Crippen LogP contribution in [-0.4, -0.2) is 19.7 Å². The van der Waals surface area contributed by atoms with Crippen molar-refractivity contribution in [3.05, 3.63) is 90.1 Å². The van der Waals surface area contributed by atoms with Crippen LogP contribution in [0, 0.1) is 11.3 Å². The van der Waals surface area contributed by atoms with Crippen LogP contribution < -0.4 is 5.32 Å². The molecule has 4 rings (SSSR count). The van der Waals surface area contributed by atoms with E-state index >= 15 is 0 Å². The highest BCUT2D eigenvalue weighted by Crippen LogP contribution is 2.34. The van der Waals surface area contributed by atoms with E-state index in [-0.39, 0.29) is 0 Å². The van der Waals surface area contributed by atoms with E-state index in [1.165, 1.54) is 6.26 Å². The van der Waals surface area contributed by atoms with Crippen LogP contribution >= 0.6 is 0 Å². The molecule has 0 saturated heterocycles. The highest BCUT2D eigenvalue weighted by Gasteiger charge is 2.22. The van der Waals surface area contributed by atoms with Crippen molar-refractivity contribution in [3.63, 3.8) is 0 Å². The molecule has 6 heteroatoms. The number of sulfone groups is 1. The lowest BCUT2D eigenvalue weighted by atomic mass is 9.83. The summed E-state index contributed by atoms with van der Waals surface area (Å²) < 4.78 is 23.3. The second-order valence-electron chi connectivity index (χ2n) is 8.69. The molecule has 1 aromatic heterocycles. The number of fused-ring (bicyclic) bond motifs is 1. The van der Waals surface area contributed by atoms with Crippen LogP contribution in [0.15, 0.2) is 83.9 Å². The van der Waals surface area contributed by atoms with Gasteiger partial charge in [0.25, 0.3) is 0 Å². The second-order valence-corrected chi connectivity index (χ2v) is 10.7. The first-order valence-electron chi connectivity index (χ1n) is 10.6. The van der Waals surface area contributed by atoms with Gasteiger partial charge in [-0.25, -0.2) is 8.42 Å². The molecule has 0 aliphatic heterocycles. The summed E-state index contributed by atoms with van der Waals surface area (Å²) in [5.41, 5.74) is 5.18. The fourth-order valence-electron chi connectivity index (χ4n) is 3.71. The zero-order chi connectivity index (χ0) is 23.6. The maximum absolute atomic E-state index is 11.7. The number of hydrogen-bond acceptors (Lipinski definition) is 5. The van der Waals surface area contributed by atoms with Crippen LogP contribution in [0.2, 0.25) is 0 Å². The minimum atomic E-state index is -3.21. The lowest BCUT2D eigenvalue weighted by Crippen LogP contribution is -2.14. The summed E-state index contributed by atoms with van der Waals surface area (Å²) in [6, 6.07) is 25.4. The summed E-state index contributed by atoms with van der Waals surface area (Å²) >= 11 is 0. The van der Waals surface area contributed by atoms with E-state index in [1.54, 1.807) is 30.5 Å². The average Bonchev–Trinajstić information content (AvgIpc) is 2.82. The van der Waals surface area contributed by atoms with E-state index in [2.05, 4.69) is 34.6 Å². The lowest BCUT2D eigenvalue weighted by molar-refractivity contribution is 0.602. The van der Waals surface area contributed by atoms with E-state index in [0.29, 0.717) is 11.4 Å². The van der Waals surface area contributed by atoms with Crippen LogP contribution in [0.1, 0.15) is 25.0 Å². The van der Waals surface area contributed by atoms with Crippen molar-refractivity contribution < 1.29 is 8.42 Å². The molecule has 0 bridgehead atoms. The molecule has 1 heterocycles. The van der Waals surface area contributed by atoms with Gasteiger partial charge in [0, 0.05) is 35.6 Å². The Morgan fingerprint density at radius 3 is 2.45 bits per heavy atom. The van der Waals surface area contributed by atoms with E-state index in [9.17, 15) is 13.7 Å². The Labute approximate surface area is 194 Å². The number of benzene rings is 3. The molecule has 33 heavy (non-hydrogen) atoms. The van der Waals surface area contributed by atoms with Gasteiger partial charge in [-0.1, -0.05) is 24.3 Å². The maximum atomic E-state index is 11.7. The smallest absolute Gasteiger partial charge is 0.175 e. The third-order valence-corrected chi connectivity index (χ3v) is 6.85. The third kappa shape index (κ3) is 4.89. The van der Waals surface area contributed by atoms with Gasteiger partial charge >= 0.3 is 0 Å². The molecule has 0 fully saturated rings. The van der Waals surface area contributed by atoms with Crippen molar-refractivity contribution in [2.75, 3.05) is 11.6 Å². The van der Waals surface area contributed by atoms with Gasteiger partial charge in [-0.05, 0) is 79.1 Å². The summed E-state index contributed by atoms with van der Waals surface area (Å²) in [6.07, 6.45) is 2.98. The first kappa shape index (κ1) is 22.5. The molecule has 0 spiro atoms. The lowest BCUT2D eigenvalue weighted by Gasteiger charge is -2.19. The highest BCUT2D eigenvalue weighted by molar-refractivity contribution is 7.90. The normalized spacial score (nSPS) is 11.8. The van der Waals surface area contributed by atoms with Crippen molar-refractivity contribution in [2.24, 2.45) is 0 Å². The standard InChI is InChI=1S/C27H25N3O2S/c1-27(2,18-28)22-15-21-8-5-13-29-26(21)25(16-22)20-7-4-6-19(14-20)17-30-23-9-11-24(12-10-23)33(3,31)32/h4-16,30H,17H2,1-3H3. The maximum Gasteiger partial charge on any atom is 0.175 e. The Hall–Kier alpha value is -3.69. The predicted molar refractivity (Wildman–Crippen MR) is 133 cm³/mol. The average molecular weight is 456 g/mol. The quantitative estimate of drug-likeness (QED) is 0.402. The van der Waals surface area contributed by atoms with Gasteiger partial charge in [0.05, 0.1) is 21.9 Å². The number of hydrogen-bond donors (Lipinski definition) is 1. The summed E-state index contributed by atoms with van der Waals surface area (Å²) in [5, 5.41) is 14.0. The number of anilines is 1. The Morgan fingerprint density at radius 1 is 1.00 bits per heavy atom. The van der Waals surface area contributed by atoms with Gasteiger partial charge in [0.15, 0.2) is 9.84 Å². The van der Waals surface area contributed by atoms with Crippen LogP contribution in [0.25, 0.3) is 22.0 Å². The fourth-order valence-corrected chi connectivity index (χ4v) is 4.34. The molecule has 0 saturated carbocycles. The number of rotatable bonds is 6. The van der Waals surface area contributed by atoms with E-state index < -0.39 is 15.3 Å². The van der Waals surface area contributed by atoms with Crippen LogP contribution in [0.4, 0.5) is 5.69 Å². The Kier molecular flexibility index (Phi) is 5.92. The van der Waals surface area contributed by atoms with Crippen LogP contribution in [-0.2, 0) is 21.8 Å². The van der Waals surface area contributed by atoms with Gasteiger partial charge in [0.2, 0.25) is 0 Å². The van der Waals surface area contributed by atoms with Crippen LogP contribution in [0.3, 0.4) is 0 Å². The molecule has 0 radical (unpaired) electrons. The molecular weight excluding hydrogens is 430 g/mol. The topological polar surface area (TPSA) is 82.9 Å². The van der Waals surface area contributed by atoms with Crippen molar-refractivity contribution in [1.29, 1.82) is 5.26 Å². The first-order chi connectivity index (χ1) is 15.7. The number of nitriles is 1. The number of pyridine rings is 1. The fraction of sp³-hybridized carbons (Fsp3) is 0.185. The van der Waals surface area contributed by atoms with Gasteiger partial charge < -0.3 is 5.32 Å². The van der Waals surface area contributed by atoms with E-state index in [0.717, 1.165) is 38.8 Å². The van der Waals surface area contributed by atoms with Crippen molar-refractivity contribution in [3.8, 4) is 17.2 Å². The molecule has 0 unspecified atom stereocenters. The van der Waals surface area contributed by atoms with E-state index in [1.807, 2.05) is 44.2 Å². The summed E-state index contributed by atoms with van der Waals surface area (Å²) in [7, 11) is -3.21. The van der Waals surface area contributed by atoms with Gasteiger partial charge in [-0.3, -0.25) is 4.98 Å². The predicted octanol–water partition coefficient (Wildman–Crippen LogP) is 5.72. The number of nitrogens with zero attached hydrogens (tertiary/aromatic N) is 2. The zero-order valence-corrected chi connectivity index (χ0v) is 19.6. The van der Waals surface area contributed by atoms with Gasteiger partial charge in [-0.2, -0.15) is 5.26 Å². The Morgan fingerprint density at radius 2 is 1.76 bits per heavy atom. The highest BCUT2D eigenvalue weighted by atomic mass is 32.2. The van der Waals surface area contributed by atoms with Crippen molar-refractivity contribution in [2.45, 2.75) is 30.7 Å². The molecule has 0 atom stereocenters. The Bertz CT molecular complexity index is 1470. The summed E-state index contributed by atoms with van der Waals surface area (Å²) in [6.45, 7) is 4.42. The monoisotopic (exact) mass is 455 g/mol. The van der Waals surface area contributed by atoms with Crippen LogP contribution in [0.5, 0.6) is 0 Å². The SMILES string of the molecule is CC(C)(C#N)c1cc(-c2cccc(CNc3ccc(S(C)(=O)=O)cc3)c2)c2ncccc2c1. The molecule has 166 valence electrons. The molecule has 3 aromatic carbocycles. The summed E-state index contributed by atoms with van der Waals surface area (Å²) in [4.78, 5) is 4.91. The molecular formula is C27H25N3O2S. The first-order valence-corrected chi connectivity index (χ1v) is 12.5. The van der Waals surface area contributed by atoms with Crippen molar-refractivity contribution in [1.82, 2.24) is 4.98 Å². The molecule has 0 amide bonds. The van der Waals surface area contributed by atoms with Crippen molar-refractivity contribution >= 4 is 26.4 Å². The van der Waals surface area contributed by atoms with Gasteiger partial charge in [0.1, 0.15) is 0 Å². The molecule has 0 aliphatic rings. The number of nitrogens with one attached hydrogen (secondary N) is 1. The largest absolute Gasteiger partial charge is 0.381 e. The molecule has 1 N–H and O–H groups in total. The Balaban J connectivity index is 1.66. The number of aromatic nitrogens is 1. The second kappa shape index (κ2) is 8.68. The van der Waals surface area contributed by atoms with Gasteiger partial charge in [-0.15, -0.1) is 0 Å². The molecule has 0 aliphatic carbocycles. The van der Waals surface area contributed by atoms with E-state index in [4.69, 9.17) is 0 Å². The third-order valence-electron chi connectivity index (χ3n) is 5.72. The zero-order valence-electron chi connectivity index (χ0n) is 18.8. The summed E-state index contributed by atoms with van der Waals surface area (Å²) in [5.74, 6) is 0. The molecule has 4 aromatic rings. The minimum Gasteiger partial charge on any atom is -0.381 e. The minimum absolute atomic E-state index is 0.301. The molecule has 5 nitrogen and oxygen atoms in total.